The quantitative estimate of drug-likeness (QED) is 0.327. The van der Waals surface area contributed by atoms with Crippen molar-refractivity contribution in [1.82, 2.24) is 4.90 Å². The van der Waals surface area contributed by atoms with E-state index < -0.39 is 8.32 Å². The number of rotatable bonds is 4. The predicted octanol–water partition coefficient (Wildman–Crippen LogP) is 6.25. The highest BCUT2D eigenvalue weighted by molar-refractivity contribution is 6.74. The topological polar surface area (TPSA) is 48.0 Å². The second-order valence-electron chi connectivity index (χ2n) is 14.6. The maximum absolute atomic E-state index is 12.2. The highest BCUT2D eigenvalue weighted by Crippen LogP contribution is 2.67. The average Bonchev–Trinajstić information content (AvgIpc) is 3.24. The maximum atomic E-state index is 12.2. The van der Waals surface area contributed by atoms with Crippen LogP contribution in [0.5, 0.6) is 0 Å². The third-order valence-corrected chi connectivity index (χ3v) is 15.8. The minimum atomic E-state index is -1.87. The molecule has 0 aromatic carbocycles. The van der Waals surface area contributed by atoms with Gasteiger partial charge in [0.25, 0.3) is 0 Å². The molecule has 0 N–H and O–H groups in total. The molecule has 2 saturated carbocycles. The number of carbonyl (C=O) groups excluding carboxylic acids is 1. The van der Waals surface area contributed by atoms with Gasteiger partial charge in [-0.25, -0.2) is 0 Å². The Kier molecular flexibility index (Phi) is 6.12. The highest BCUT2D eigenvalue weighted by atomic mass is 28.4. The third kappa shape index (κ3) is 3.68. The summed E-state index contributed by atoms with van der Waals surface area (Å²) in [4.78, 5) is 14.5. The summed E-state index contributed by atoms with van der Waals surface area (Å²) in [6.07, 6.45) is 11.3. The molecule has 2 bridgehead atoms. The lowest BCUT2D eigenvalue weighted by atomic mass is 9.60. The molecule has 6 heteroatoms. The van der Waals surface area contributed by atoms with Crippen LogP contribution in [0.3, 0.4) is 0 Å². The monoisotopic (exact) mass is 515 g/mol. The summed E-state index contributed by atoms with van der Waals surface area (Å²) >= 11 is 0. The fourth-order valence-electron chi connectivity index (χ4n) is 8.26. The predicted molar refractivity (Wildman–Crippen MR) is 146 cm³/mol. The van der Waals surface area contributed by atoms with Crippen LogP contribution in [-0.2, 0) is 18.7 Å². The van der Waals surface area contributed by atoms with Crippen molar-refractivity contribution < 1.29 is 18.7 Å². The van der Waals surface area contributed by atoms with Crippen LogP contribution in [0.15, 0.2) is 23.3 Å². The van der Waals surface area contributed by atoms with E-state index in [-0.39, 0.29) is 45.8 Å². The second-order valence-corrected chi connectivity index (χ2v) is 19.3. The number of carbonyl (C=O) groups is 1. The molecule has 36 heavy (non-hydrogen) atoms. The maximum Gasteiger partial charge on any atom is 0.303 e. The van der Waals surface area contributed by atoms with E-state index in [2.05, 4.69) is 78.9 Å². The number of allylic oxidation sites excluding steroid dienone is 1. The molecule has 2 aliphatic heterocycles. The summed E-state index contributed by atoms with van der Waals surface area (Å²) in [5.41, 5.74) is 2.07. The van der Waals surface area contributed by atoms with Gasteiger partial charge >= 0.3 is 5.97 Å². The van der Waals surface area contributed by atoms with Gasteiger partial charge in [-0.1, -0.05) is 46.8 Å². The van der Waals surface area contributed by atoms with E-state index in [0.29, 0.717) is 12.0 Å². The van der Waals surface area contributed by atoms with Crippen molar-refractivity contribution in [3.8, 4) is 0 Å². The summed E-state index contributed by atoms with van der Waals surface area (Å²) in [5, 5.41) is 0.206. The molecular formula is C30H49NO4Si. The minimum Gasteiger partial charge on any atom is -0.458 e. The Balaban J connectivity index is 1.54. The van der Waals surface area contributed by atoms with Gasteiger partial charge in [0.1, 0.15) is 6.10 Å². The zero-order valence-corrected chi connectivity index (χ0v) is 25.4. The molecule has 8 atom stereocenters. The molecule has 5 rings (SSSR count). The van der Waals surface area contributed by atoms with E-state index in [1.165, 1.54) is 18.1 Å². The number of ether oxygens (including phenoxy) is 2. The molecule has 202 valence electrons. The smallest absolute Gasteiger partial charge is 0.303 e. The number of esters is 1. The first-order valence-corrected chi connectivity index (χ1v) is 17.1. The molecule has 0 radical (unpaired) electrons. The summed E-state index contributed by atoms with van der Waals surface area (Å²) in [7, 11) is 2.42. The Morgan fingerprint density at radius 1 is 1.19 bits per heavy atom. The van der Waals surface area contributed by atoms with Crippen LogP contribution in [-0.4, -0.2) is 62.7 Å². The van der Waals surface area contributed by atoms with Crippen LogP contribution in [0, 0.1) is 17.3 Å². The fraction of sp³-hybridized carbons (Fsp3) is 0.833. The minimum absolute atomic E-state index is 0.0914. The summed E-state index contributed by atoms with van der Waals surface area (Å²) < 4.78 is 20.6. The Morgan fingerprint density at radius 3 is 2.50 bits per heavy atom. The van der Waals surface area contributed by atoms with Crippen LogP contribution in [0.1, 0.15) is 80.1 Å². The van der Waals surface area contributed by atoms with Crippen molar-refractivity contribution in [1.29, 1.82) is 0 Å². The Labute approximate surface area is 220 Å². The Morgan fingerprint density at radius 2 is 1.89 bits per heavy atom. The number of hydrogen-bond acceptors (Lipinski definition) is 5. The van der Waals surface area contributed by atoms with Crippen LogP contribution in [0.2, 0.25) is 18.1 Å². The van der Waals surface area contributed by atoms with Gasteiger partial charge in [-0.15, -0.1) is 0 Å². The van der Waals surface area contributed by atoms with Crippen LogP contribution < -0.4 is 0 Å². The molecule has 3 fully saturated rings. The van der Waals surface area contributed by atoms with Crippen molar-refractivity contribution in [2.24, 2.45) is 17.3 Å². The van der Waals surface area contributed by atoms with E-state index in [1.54, 1.807) is 0 Å². The first-order chi connectivity index (χ1) is 16.6. The van der Waals surface area contributed by atoms with Crippen molar-refractivity contribution in [3.63, 3.8) is 0 Å². The van der Waals surface area contributed by atoms with Gasteiger partial charge in [0.05, 0.1) is 17.3 Å². The largest absolute Gasteiger partial charge is 0.458 e. The molecule has 1 unspecified atom stereocenters. The first kappa shape index (κ1) is 26.6. The number of fused-ring (bicyclic) bond motifs is 1. The lowest BCUT2D eigenvalue weighted by molar-refractivity contribution is -0.172. The van der Waals surface area contributed by atoms with Crippen LogP contribution in [0.25, 0.3) is 0 Å². The molecular weight excluding hydrogens is 466 g/mol. The fourth-order valence-corrected chi connectivity index (χ4v) is 9.71. The van der Waals surface area contributed by atoms with Gasteiger partial charge in [0.2, 0.25) is 0 Å². The van der Waals surface area contributed by atoms with E-state index in [9.17, 15) is 4.79 Å². The van der Waals surface area contributed by atoms with Crippen LogP contribution >= 0.6 is 0 Å². The molecule has 2 spiro atoms. The summed E-state index contributed by atoms with van der Waals surface area (Å²) in [6.45, 7) is 18.0. The molecule has 5 aliphatic rings. The first-order valence-electron chi connectivity index (χ1n) is 14.2. The number of nitrogens with zero attached hydrogens (tertiary/aromatic N) is 1. The van der Waals surface area contributed by atoms with Gasteiger partial charge in [-0.3, -0.25) is 4.79 Å². The molecule has 1 saturated heterocycles. The lowest BCUT2D eigenvalue weighted by Gasteiger charge is -2.57. The highest BCUT2D eigenvalue weighted by Gasteiger charge is 2.69. The number of hydrogen-bond donors (Lipinski definition) is 0. The second kappa shape index (κ2) is 8.27. The normalized spacial score (nSPS) is 43.9. The van der Waals surface area contributed by atoms with Crippen molar-refractivity contribution in [2.45, 2.75) is 128 Å². The van der Waals surface area contributed by atoms with Crippen molar-refractivity contribution in [2.75, 3.05) is 14.1 Å². The van der Waals surface area contributed by atoms with Gasteiger partial charge in [-0.2, -0.15) is 0 Å². The SMILES string of the molecule is CC(=O)O[C@@H]1C2=CC3=CC[C@]4(C)[C@@H](O[Si](C)(C)C(C)(C)C)CC[C@H]4C34CC[C@]2(C[C@H](N(C)C)[C@H]1C)O4. The molecule has 5 nitrogen and oxygen atoms in total. The van der Waals surface area contributed by atoms with E-state index in [4.69, 9.17) is 13.9 Å². The van der Waals surface area contributed by atoms with E-state index in [1.807, 2.05) is 0 Å². The van der Waals surface area contributed by atoms with E-state index >= 15 is 0 Å². The zero-order valence-electron chi connectivity index (χ0n) is 24.4. The summed E-state index contributed by atoms with van der Waals surface area (Å²) in [6, 6.07) is 0.306. The molecule has 3 aliphatic carbocycles. The molecule has 2 heterocycles. The molecule has 0 aromatic heterocycles. The lowest BCUT2D eigenvalue weighted by Crippen LogP contribution is -2.60. The Hall–Kier alpha value is -0.953. The van der Waals surface area contributed by atoms with Gasteiger partial charge < -0.3 is 18.8 Å². The van der Waals surface area contributed by atoms with Crippen molar-refractivity contribution in [3.05, 3.63) is 23.3 Å². The average molecular weight is 516 g/mol. The molecule has 0 aromatic rings. The Bertz CT molecular complexity index is 995. The van der Waals surface area contributed by atoms with Crippen molar-refractivity contribution >= 4 is 14.3 Å². The summed E-state index contributed by atoms with van der Waals surface area (Å²) in [5.74, 6) is 0.478. The van der Waals surface area contributed by atoms with E-state index in [0.717, 1.165) is 38.5 Å². The third-order valence-electron chi connectivity index (χ3n) is 11.3. The van der Waals surface area contributed by atoms with Gasteiger partial charge in [-0.05, 0) is 76.3 Å². The molecule has 0 amide bonds. The zero-order chi connectivity index (χ0) is 26.5. The van der Waals surface area contributed by atoms with Gasteiger partial charge in [0.15, 0.2) is 8.32 Å². The van der Waals surface area contributed by atoms with Crippen LogP contribution in [0.4, 0.5) is 0 Å². The standard InChI is InChI=1S/C30H49NO4Si/c1-19-23(31(7)8)18-29-15-16-30(35-29)21(17-22(29)26(19)33-20(2)32)13-14-28(6)24(30)11-12-25(28)34-36(9,10)27(3,4)5/h13,17,19,23-26H,11-12,14-16,18H2,1-10H3/t19-,23+,24-,25+,26+,28+,29-,30?/m1/s1. The van der Waals surface area contributed by atoms with Gasteiger partial charge in [0, 0.05) is 35.8 Å².